The Balaban J connectivity index is 1.79. The van der Waals surface area contributed by atoms with Crippen molar-refractivity contribution in [1.29, 1.82) is 0 Å². The minimum atomic E-state index is -0.306. The average Bonchev–Trinajstić information content (AvgIpc) is 2.58. The molecule has 1 aliphatic carbocycles. The molecular weight excluding hydrogens is 308 g/mol. The van der Waals surface area contributed by atoms with Crippen LogP contribution in [0.15, 0.2) is 30.7 Å². The van der Waals surface area contributed by atoms with Gasteiger partial charge in [-0.15, -0.1) is 0 Å². The van der Waals surface area contributed by atoms with Crippen LogP contribution in [-0.4, -0.2) is 39.2 Å². The monoisotopic (exact) mass is 328 g/mol. The van der Waals surface area contributed by atoms with Crippen LogP contribution in [0, 0.1) is 12.8 Å². The number of ether oxygens (including phenoxy) is 1. The molecule has 1 saturated carbocycles. The molecule has 0 aromatic carbocycles. The number of rotatable bonds is 5. The molecule has 3 rings (SSSR count). The van der Waals surface area contributed by atoms with Crippen LogP contribution in [0.25, 0.3) is 0 Å². The molecule has 2 N–H and O–H groups in total. The normalized spacial score (nSPS) is 20.8. The van der Waals surface area contributed by atoms with Crippen LogP contribution < -0.4 is 10.1 Å². The van der Waals surface area contributed by atoms with Crippen LogP contribution in [0.5, 0.6) is 5.88 Å². The molecule has 0 saturated heterocycles. The summed E-state index contributed by atoms with van der Waals surface area (Å²) in [5.41, 5.74) is 1.90. The fraction of sp³-hybridized carbons (Fsp3) is 0.412. The molecule has 0 unspecified atom stereocenters. The molecule has 2 heterocycles. The van der Waals surface area contributed by atoms with E-state index in [2.05, 4.69) is 20.3 Å². The van der Waals surface area contributed by atoms with Crippen molar-refractivity contribution in [3.63, 3.8) is 0 Å². The molecular formula is C17H20N4O3. The largest absolute Gasteiger partial charge is 0.481 e. The first-order chi connectivity index (χ1) is 11.6. The lowest BCUT2D eigenvalue weighted by atomic mass is 9.75. The Morgan fingerprint density at radius 3 is 2.58 bits per heavy atom. The highest BCUT2D eigenvalue weighted by atomic mass is 16.5. The van der Waals surface area contributed by atoms with Gasteiger partial charge in [0.15, 0.2) is 0 Å². The lowest BCUT2D eigenvalue weighted by Gasteiger charge is -2.38. The molecule has 2 aromatic heterocycles. The first-order valence-corrected chi connectivity index (χ1v) is 7.84. The SMILES string of the molecule is COc1ccc([C@@H](NC(=O)c2cnc(C)cn2)C2CC(O)C2)cn1. The second kappa shape index (κ2) is 6.92. The van der Waals surface area contributed by atoms with E-state index in [4.69, 9.17) is 4.74 Å². The molecule has 0 aliphatic heterocycles. The Bertz CT molecular complexity index is 697. The Hall–Kier alpha value is -2.54. The maximum absolute atomic E-state index is 12.5. The van der Waals surface area contributed by atoms with E-state index in [0.717, 1.165) is 11.3 Å². The van der Waals surface area contributed by atoms with Gasteiger partial charge in [0.1, 0.15) is 5.69 Å². The Kier molecular flexibility index (Phi) is 4.71. The summed E-state index contributed by atoms with van der Waals surface area (Å²) in [4.78, 5) is 24.9. The smallest absolute Gasteiger partial charge is 0.271 e. The van der Waals surface area contributed by atoms with Crippen LogP contribution in [0.2, 0.25) is 0 Å². The van der Waals surface area contributed by atoms with Gasteiger partial charge < -0.3 is 15.2 Å². The van der Waals surface area contributed by atoms with Gasteiger partial charge in [-0.2, -0.15) is 0 Å². The van der Waals surface area contributed by atoms with Gasteiger partial charge >= 0.3 is 0 Å². The zero-order valence-electron chi connectivity index (χ0n) is 13.6. The van der Waals surface area contributed by atoms with E-state index in [9.17, 15) is 9.90 Å². The lowest BCUT2D eigenvalue weighted by molar-refractivity contribution is 0.0234. The number of hydrogen-bond acceptors (Lipinski definition) is 6. The van der Waals surface area contributed by atoms with Crippen LogP contribution >= 0.6 is 0 Å². The van der Waals surface area contributed by atoms with Crippen molar-refractivity contribution in [3.05, 3.63) is 47.7 Å². The molecule has 126 valence electrons. The van der Waals surface area contributed by atoms with E-state index < -0.39 is 0 Å². The number of aromatic nitrogens is 3. The molecule has 1 amide bonds. The Morgan fingerprint density at radius 1 is 1.25 bits per heavy atom. The average molecular weight is 328 g/mol. The van der Waals surface area contributed by atoms with Crippen molar-refractivity contribution in [2.45, 2.75) is 31.9 Å². The Morgan fingerprint density at radius 2 is 2.04 bits per heavy atom. The van der Waals surface area contributed by atoms with E-state index in [1.165, 1.54) is 6.20 Å². The third-order valence-electron chi connectivity index (χ3n) is 4.25. The number of nitrogens with zero attached hydrogens (tertiary/aromatic N) is 3. The third-order valence-corrected chi connectivity index (χ3v) is 4.25. The zero-order chi connectivity index (χ0) is 17.1. The first-order valence-electron chi connectivity index (χ1n) is 7.84. The summed E-state index contributed by atoms with van der Waals surface area (Å²) >= 11 is 0. The number of amides is 1. The van der Waals surface area contributed by atoms with E-state index in [0.29, 0.717) is 18.7 Å². The van der Waals surface area contributed by atoms with E-state index in [1.54, 1.807) is 25.6 Å². The zero-order valence-corrected chi connectivity index (χ0v) is 13.6. The summed E-state index contributed by atoms with van der Waals surface area (Å²) in [6.07, 6.45) is 5.71. The quantitative estimate of drug-likeness (QED) is 0.862. The van der Waals surface area contributed by atoms with Gasteiger partial charge in [-0.3, -0.25) is 9.78 Å². The summed E-state index contributed by atoms with van der Waals surface area (Å²) in [7, 11) is 1.56. The topological polar surface area (TPSA) is 97.2 Å². The number of aryl methyl sites for hydroxylation is 1. The van der Waals surface area contributed by atoms with Crippen molar-refractivity contribution in [2.75, 3.05) is 7.11 Å². The van der Waals surface area contributed by atoms with Crippen molar-refractivity contribution in [3.8, 4) is 5.88 Å². The van der Waals surface area contributed by atoms with Gasteiger partial charge in [-0.1, -0.05) is 6.07 Å². The first kappa shape index (κ1) is 16.3. The highest BCUT2D eigenvalue weighted by Crippen LogP contribution is 2.38. The van der Waals surface area contributed by atoms with Crippen LogP contribution in [0.1, 0.15) is 40.6 Å². The molecule has 24 heavy (non-hydrogen) atoms. The third kappa shape index (κ3) is 3.51. The number of methoxy groups -OCH3 is 1. The highest BCUT2D eigenvalue weighted by molar-refractivity contribution is 5.92. The van der Waals surface area contributed by atoms with E-state index in [1.807, 2.05) is 13.0 Å². The van der Waals surface area contributed by atoms with Crippen LogP contribution in [-0.2, 0) is 0 Å². The number of nitrogens with one attached hydrogen (secondary N) is 1. The molecule has 0 radical (unpaired) electrons. The molecule has 1 fully saturated rings. The maximum atomic E-state index is 12.5. The van der Waals surface area contributed by atoms with Gasteiger partial charge in [0.2, 0.25) is 5.88 Å². The number of carbonyl (C=O) groups excluding carboxylic acids is 1. The molecule has 7 heteroatoms. The highest BCUT2D eigenvalue weighted by Gasteiger charge is 2.36. The van der Waals surface area contributed by atoms with Crippen molar-refractivity contribution >= 4 is 5.91 Å². The van der Waals surface area contributed by atoms with Gasteiger partial charge in [0.25, 0.3) is 5.91 Å². The second-order valence-electron chi connectivity index (χ2n) is 6.01. The van der Waals surface area contributed by atoms with Crippen molar-refractivity contribution in [2.24, 2.45) is 5.92 Å². The van der Waals surface area contributed by atoms with Gasteiger partial charge in [-0.25, -0.2) is 9.97 Å². The standard InChI is InChI=1S/C17H20N4O3/c1-10-7-19-14(9-18-10)17(23)21-16(12-5-13(22)6-12)11-3-4-15(24-2)20-8-11/h3-4,7-9,12-13,16,22H,5-6H2,1-2H3,(H,21,23)/t12?,13?,16-/m1/s1. The molecule has 0 spiro atoms. The van der Waals surface area contributed by atoms with Gasteiger partial charge in [0.05, 0.1) is 31.1 Å². The summed E-state index contributed by atoms with van der Waals surface area (Å²) < 4.78 is 5.07. The maximum Gasteiger partial charge on any atom is 0.271 e. The summed E-state index contributed by atoms with van der Waals surface area (Å²) in [5, 5.41) is 12.6. The lowest BCUT2D eigenvalue weighted by Crippen LogP contribution is -2.41. The number of aliphatic hydroxyl groups excluding tert-OH is 1. The van der Waals surface area contributed by atoms with E-state index >= 15 is 0 Å². The van der Waals surface area contributed by atoms with Crippen LogP contribution in [0.3, 0.4) is 0 Å². The summed E-state index contributed by atoms with van der Waals surface area (Å²) in [6, 6.07) is 3.40. The Labute approximate surface area is 140 Å². The van der Waals surface area contributed by atoms with Crippen molar-refractivity contribution in [1.82, 2.24) is 20.3 Å². The summed E-state index contributed by atoms with van der Waals surface area (Å²) in [5.74, 6) is 0.393. The number of aliphatic hydroxyl groups is 1. The second-order valence-corrected chi connectivity index (χ2v) is 6.01. The predicted octanol–water partition coefficient (Wildman–Crippen LogP) is 1.43. The fourth-order valence-electron chi connectivity index (χ4n) is 2.80. The number of hydrogen-bond donors (Lipinski definition) is 2. The fourth-order valence-corrected chi connectivity index (χ4v) is 2.80. The molecule has 1 aliphatic rings. The number of carbonyl (C=O) groups is 1. The minimum absolute atomic E-state index is 0.164. The molecule has 2 aromatic rings. The van der Waals surface area contributed by atoms with Gasteiger partial charge in [-0.05, 0) is 31.2 Å². The summed E-state index contributed by atoms with van der Waals surface area (Å²) in [6.45, 7) is 1.82. The van der Waals surface area contributed by atoms with Gasteiger partial charge in [0, 0.05) is 18.5 Å². The number of pyridine rings is 1. The molecule has 0 bridgehead atoms. The molecule has 1 atom stereocenters. The van der Waals surface area contributed by atoms with E-state index in [-0.39, 0.29) is 29.7 Å². The predicted molar refractivity (Wildman–Crippen MR) is 86.5 cm³/mol. The van der Waals surface area contributed by atoms with Crippen molar-refractivity contribution < 1.29 is 14.6 Å². The van der Waals surface area contributed by atoms with Crippen LogP contribution in [0.4, 0.5) is 0 Å². The molecule has 7 nitrogen and oxygen atoms in total. The minimum Gasteiger partial charge on any atom is -0.481 e.